The van der Waals surface area contributed by atoms with Crippen molar-refractivity contribution >= 4 is 49.1 Å². The lowest BCUT2D eigenvalue weighted by molar-refractivity contribution is -0.0792. The molecule has 1 atom stereocenters. The quantitative estimate of drug-likeness (QED) is 0.687. The lowest BCUT2D eigenvalue weighted by atomic mass is 10.1. The van der Waals surface area contributed by atoms with Crippen molar-refractivity contribution < 1.29 is 9.53 Å². The van der Waals surface area contributed by atoms with Gasteiger partial charge in [-0.2, -0.15) is 0 Å². The lowest BCUT2D eigenvalue weighted by Gasteiger charge is -2.46. The summed E-state index contributed by atoms with van der Waals surface area (Å²) in [5.41, 5.74) is 1.06. The molecule has 2 saturated heterocycles. The van der Waals surface area contributed by atoms with Gasteiger partial charge in [-0.15, -0.1) is 11.3 Å². The number of amides is 1. The van der Waals surface area contributed by atoms with Gasteiger partial charge in [0.25, 0.3) is 5.91 Å². The van der Waals surface area contributed by atoms with Crippen LogP contribution in [0.2, 0.25) is 0 Å². The lowest BCUT2D eigenvalue weighted by Crippen LogP contribution is -2.60. The third-order valence-corrected chi connectivity index (χ3v) is 7.71. The maximum absolute atomic E-state index is 12.5. The number of hydrogen-bond donors (Lipinski definition) is 1. The summed E-state index contributed by atoms with van der Waals surface area (Å²) in [7, 11) is 0. The maximum atomic E-state index is 12.5. The second-order valence-electron chi connectivity index (χ2n) is 7.68. The van der Waals surface area contributed by atoms with E-state index in [0.717, 1.165) is 53.1 Å². The Morgan fingerprint density at radius 1 is 1.28 bits per heavy atom. The van der Waals surface area contributed by atoms with Gasteiger partial charge in [-0.1, -0.05) is 17.4 Å². The smallest absolute Gasteiger partial charge is 0.267 e. The highest BCUT2D eigenvalue weighted by molar-refractivity contribution is 7.29. The molecule has 0 saturated carbocycles. The van der Waals surface area contributed by atoms with E-state index in [1.165, 1.54) is 11.3 Å². The fourth-order valence-electron chi connectivity index (χ4n) is 3.79. The predicted molar refractivity (Wildman–Crippen MR) is 117 cm³/mol. The van der Waals surface area contributed by atoms with Crippen molar-refractivity contribution in [2.75, 3.05) is 43.1 Å². The van der Waals surface area contributed by atoms with Gasteiger partial charge in [0.1, 0.15) is 10.6 Å². The normalized spacial score (nSPS) is 20.8. The zero-order chi connectivity index (χ0) is 20.0. The summed E-state index contributed by atoms with van der Waals surface area (Å²) >= 11 is 3.11. The van der Waals surface area contributed by atoms with Crippen LogP contribution in [0.4, 0.5) is 10.9 Å². The first-order valence-electron chi connectivity index (χ1n) is 9.79. The number of hydrogen-bond acceptors (Lipinski definition) is 8. The van der Waals surface area contributed by atoms with Gasteiger partial charge >= 0.3 is 0 Å². The number of pyridine rings is 1. The van der Waals surface area contributed by atoms with Crippen LogP contribution in [0, 0.1) is 6.92 Å². The molecule has 0 spiro atoms. The summed E-state index contributed by atoms with van der Waals surface area (Å²) < 4.78 is 6.41. The molecule has 7 nitrogen and oxygen atoms in total. The number of fused-ring (bicyclic) bond motifs is 1. The summed E-state index contributed by atoms with van der Waals surface area (Å²) in [4.78, 5) is 28.1. The van der Waals surface area contributed by atoms with E-state index in [4.69, 9.17) is 9.72 Å². The van der Waals surface area contributed by atoms with E-state index in [1.54, 1.807) is 17.5 Å². The number of carbonyl (C=O) groups is 1. The summed E-state index contributed by atoms with van der Waals surface area (Å²) in [6, 6.07) is 6.76. The van der Waals surface area contributed by atoms with Gasteiger partial charge in [-0.05, 0) is 31.5 Å². The molecule has 2 aliphatic rings. The number of thiazole rings is 1. The number of piperazine rings is 1. The fourth-order valence-corrected chi connectivity index (χ4v) is 5.93. The number of ether oxygens (including phenoxy) is 1. The molecule has 0 bridgehead atoms. The maximum Gasteiger partial charge on any atom is 0.267 e. The topological polar surface area (TPSA) is 70.6 Å². The van der Waals surface area contributed by atoms with E-state index in [0.29, 0.717) is 22.8 Å². The van der Waals surface area contributed by atoms with Crippen molar-refractivity contribution in [1.82, 2.24) is 14.9 Å². The average Bonchev–Trinajstić information content (AvgIpc) is 3.23. The first-order valence-corrected chi connectivity index (χ1v) is 11.4. The van der Waals surface area contributed by atoms with E-state index in [-0.39, 0.29) is 5.91 Å². The molecule has 0 aliphatic carbocycles. The molecule has 152 valence electrons. The van der Waals surface area contributed by atoms with Gasteiger partial charge in [0.15, 0.2) is 5.13 Å². The molecule has 3 aromatic heterocycles. The molecule has 0 aromatic carbocycles. The zero-order valence-electron chi connectivity index (χ0n) is 16.4. The van der Waals surface area contributed by atoms with Crippen LogP contribution in [0.25, 0.3) is 9.53 Å². The fraction of sp³-hybridized carbons (Fsp3) is 0.450. The third kappa shape index (κ3) is 3.75. The largest absolute Gasteiger partial charge is 0.378 e. The standard InChI is InChI=1S/C20H23N5O2S2/c1-12-3-4-17(21-8-12)22-18(26)15-7-16-19(28-15)23-20(29-16)24-5-6-25(13(2)9-24)14-10-27-11-14/h3-4,7-8,13-14H,5-6,9-11H2,1-2H3,(H,21,22,26)/t13-/m1/s1. The summed E-state index contributed by atoms with van der Waals surface area (Å²) in [5, 5.41) is 3.91. The van der Waals surface area contributed by atoms with Crippen LogP contribution in [0.1, 0.15) is 22.2 Å². The van der Waals surface area contributed by atoms with Crippen molar-refractivity contribution in [2.45, 2.75) is 25.9 Å². The van der Waals surface area contributed by atoms with Crippen LogP contribution in [0.5, 0.6) is 0 Å². The Labute approximate surface area is 177 Å². The van der Waals surface area contributed by atoms with Crippen LogP contribution in [0.15, 0.2) is 24.4 Å². The van der Waals surface area contributed by atoms with Crippen LogP contribution in [-0.2, 0) is 4.74 Å². The van der Waals surface area contributed by atoms with Crippen molar-refractivity contribution in [1.29, 1.82) is 0 Å². The highest BCUT2D eigenvalue weighted by Crippen LogP contribution is 2.36. The number of aromatic nitrogens is 2. The number of rotatable bonds is 4. The SMILES string of the molecule is Cc1ccc(NC(=O)c2cc3sc(N4CCN(C5COC5)[C@H](C)C4)nc3s2)nc1. The molecular weight excluding hydrogens is 406 g/mol. The van der Waals surface area contributed by atoms with Gasteiger partial charge in [-0.3, -0.25) is 9.69 Å². The highest BCUT2D eigenvalue weighted by Gasteiger charge is 2.34. The van der Waals surface area contributed by atoms with Gasteiger partial charge in [0.2, 0.25) is 0 Å². The minimum absolute atomic E-state index is 0.136. The second-order valence-corrected chi connectivity index (χ2v) is 9.72. The molecule has 5 rings (SSSR count). The molecule has 0 unspecified atom stereocenters. The monoisotopic (exact) mass is 429 g/mol. The minimum atomic E-state index is -0.136. The summed E-state index contributed by atoms with van der Waals surface area (Å²) in [5.74, 6) is 0.429. The van der Waals surface area contributed by atoms with Crippen molar-refractivity contribution in [3.05, 3.63) is 34.8 Å². The molecule has 2 aliphatic heterocycles. The van der Waals surface area contributed by atoms with E-state index >= 15 is 0 Å². The Hall–Kier alpha value is -2.07. The number of carbonyl (C=O) groups excluding carboxylic acids is 1. The minimum Gasteiger partial charge on any atom is -0.378 e. The molecule has 1 N–H and O–H groups in total. The number of nitrogens with zero attached hydrogens (tertiary/aromatic N) is 4. The zero-order valence-corrected chi connectivity index (χ0v) is 18.1. The van der Waals surface area contributed by atoms with E-state index in [1.807, 2.05) is 25.1 Å². The number of anilines is 2. The van der Waals surface area contributed by atoms with E-state index in [2.05, 4.69) is 27.0 Å². The Morgan fingerprint density at radius 3 is 2.79 bits per heavy atom. The molecule has 5 heterocycles. The molecule has 2 fully saturated rings. The Kier molecular flexibility index (Phi) is 4.99. The van der Waals surface area contributed by atoms with Gasteiger partial charge in [0.05, 0.1) is 28.8 Å². The van der Waals surface area contributed by atoms with Crippen molar-refractivity contribution in [2.24, 2.45) is 0 Å². The van der Waals surface area contributed by atoms with Gasteiger partial charge in [0, 0.05) is 31.9 Å². The third-order valence-electron chi connectivity index (χ3n) is 5.49. The van der Waals surface area contributed by atoms with E-state index in [9.17, 15) is 4.79 Å². The summed E-state index contributed by atoms with van der Waals surface area (Å²) in [6.07, 6.45) is 1.75. The molecule has 29 heavy (non-hydrogen) atoms. The molecular formula is C20H23N5O2S2. The number of nitrogens with one attached hydrogen (secondary N) is 1. The van der Waals surface area contributed by atoms with Crippen LogP contribution >= 0.6 is 22.7 Å². The molecule has 0 radical (unpaired) electrons. The molecule has 9 heteroatoms. The average molecular weight is 430 g/mol. The highest BCUT2D eigenvalue weighted by atomic mass is 32.1. The second kappa shape index (κ2) is 7.64. The first-order chi connectivity index (χ1) is 14.1. The Morgan fingerprint density at radius 2 is 2.14 bits per heavy atom. The van der Waals surface area contributed by atoms with Crippen LogP contribution < -0.4 is 10.2 Å². The van der Waals surface area contributed by atoms with Gasteiger partial charge < -0.3 is 15.0 Å². The van der Waals surface area contributed by atoms with Crippen LogP contribution in [-0.4, -0.2) is 65.7 Å². The van der Waals surface area contributed by atoms with E-state index < -0.39 is 0 Å². The molecule has 3 aromatic rings. The number of thiophene rings is 1. The Balaban J connectivity index is 1.27. The van der Waals surface area contributed by atoms with Crippen LogP contribution in [0.3, 0.4) is 0 Å². The Bertz CT molecular complexity index is 996. The number of aryl methyl sites for hydroxylation is 1. The molecule has 1 amide bonds. The van der Waals surface area contributed by atoms with Gasteiger partial charge in [-0.25, -0.2) is 9.97 Å². The van der Waals surface area contributed by atoms with Crippen molar-refractivity contribution in [3.8, 4) is 0 Å². The first kappa shape index (κ1) is 18.9. The van der Waals surface area contributed by atoms with Crippen molar-refractivity contribution in [3.63, 3.8) is 0 Å². The summed E-state index contributed by atoms with van der Waals surface area (Å²) in [6.45, 7) is 8.97. The predicted octanol–water partition coefficient (Wildman–Crippen LogP) is 3.22.